The number of carboxylic acids is 1. The first kappa shape index (κ1) is 16.3. The van der Waals surface area contributed by atoms with Crippen molar-refractivity contribution in [2.45, 2.75) is 46.1 Å². The molecular formula is C12H23NO3S. The summed E-state index contributed by atoms with van der Waals surface area (Å²) in [6.45, 7) is 6.36. The van der Waals surface area contributed by atoms with Crippen LogP contribution in [0.1, 0.15) is 40.0 Å². The van der Waals surface area contributed by atoms with Crippen LogP contribution < -0.4 is 5.32 Å². The van der Waals surface area contributed by atoms with E-state index >= 15 is 0 Å². The molecule has 0 aliphatic carbocycles. The van der Waals surface area contributed by atoms with E-state index in [0.717, 1.165) is 24.6 Å². The largest absolute Gasteiger partial charge is 0.481 e. The molecule has 100 valence electrons. The van der Waals surface area contributed by atoms with Gasteiger partial charge in [0, 0.05) is 6.04 Å². The first-order valence-corrected chi connectivity index (χ1v) is 7.16. The van der Waals surface area contributed by atoms with Crippen LogP contribution in [0.15, 0.2) is 0 Å². The van der Waals surface area contributed by atoms with Crippen LogP contribution in [0.5, 0.6) is 0 Å². The number of amides is 1. The van der Waals surface area contributed by atoms with Crippen molar-refractivity contribution in [2.75, 3.05) is 11.5 Å². The summed E-state index contributed by atoms with van der Waals surface area (Å²) >= 11 is 1.13. The van der Waals surface area contributed by atoms with Gasteiger partial charge in [0.25, 0.3) is 0 Å². The predicted molar refractivity (Wildman–Crippen MR) is 71.3 cm³/mol. The molecule has 2 N–H and O–H groups in total. The fourth-order valence-corrected chi connectivity index (χ4v) is 2.00. The zero-order valence-electron chi connectivity index (χ0n) is 10.9. The number of hydrogen-bond acceptors (Lipinski definition) is 3. The Morgan fingerprint density at radius 1 is 1.18 bits per heavy atom. The van der Waals surface area contributed by atoms with E-state index < -0.39 is 5.97 Å². The zero-order valence-corrected chi connectivity index (χ0v) is 11.7. The minimum absolute atomic E-state index is 0.0187. The standard InChI is InChI=1S/C12H23NO3S/c1-9(2)5-4-6-10(3)13-11(14)7-17-8-12(15)16/h9-10H,4-8H2,1-3H3,(H,13,14)(H,15,16). The van der Waals surface area contributed by atoms with Crippen molar-refractivity contribution < 1.29 is 14.7 Å². The Hall–Kier alpha value is -0.710. The third-order valence-corrected chi connectivity index (χ3v) is 3.20. The van der Waals surface area contributed by atoms with Crippen LogP contribution in [0.3, 0.4) is 0 Å². The highest BCUT2D eigenvalue weighted by Gasteiger charge is 2.08. The molecule has 0 aromatic heterocycles. The minimum Gasteiger partial charge on any atom is -0.481 e. The second-order valence-electron chi connectivity index (χ2n) is 4.68. The van der Waals surface area contributed by atoms with Gasteiger partial charge in [0.15, 0.2) is 0 Å². The molecule has 1 amide bonds. The molecule has 1 unspecified atom stereocenters. The normalized spacial score (nSPS) is 12.5. The summed E-state index contributed by atoms with van der Waals surface area (Å²) in [5.74, 6) is -0.0548. The Labute approximate surface area is 108 Å². The lowest BCUT2D eigenvalue weighted by molar-refractivity contribution is -0.133. The highest BCUT2D eigenvalue weighted by Crippen LogP contribution is 2.08. The van der Waals surface area contributed by atoms with E-state index in [1.165, 1.54) is 6.42 Å². The van der Waals surface area contributed by atoms with Gasteiger partial charge in [0.2, 0.25) is 5.91 Å². The van der Waals surface area contributed by atoms with E-state index in [1.807, 2.05) is 6.92 Å². The number of carbonyl (C=O) groups excluding carboxylic acids is 1. The maximum atomic E-state index is 11.4. The molecule has 0 radical (unpaired) electrons. The molecule has 1 atom stereocenters. The van der Waals surface area contributed by atoms with Gasteiger partial charge in [-0.25, -0.2) is 0 Å². The molecule has 5 heteroatoms. The van der Waals surface area contributed by atoms with Gasteiger partial charge in [-0.15, -0.1) is 11.8 Å². The number of hydrogen-bond donors (Lipinski definition) is 2. The Morgan fingerprint density at radius 2 is 1.82 bits per heavy atom. The number of carboxylic acid groups (broad SMARTS) is 1. The Bertz CT molecular complexity index is 244. The molecule has 0 fully saturated rings. The summed E-state index contributed by atoms with van der Waals surface area (Å²) in [4.78, 5) is 21.7. The highest BCUT2D eigenvalue weighted by molar-refractivity contribution is 8.00. The number of thioether (sulfide) groups is 1. The lowest BCUT2D eigenvalue weighted by Crippen LogP contribution is -2.34. The van der Waals surface area contributed by atoms with E-state index in [9.17, 15) is 9.59 Å². The number of carbonyl (C=O) groups is 2. The van der Waals surface area contributed by atoms with Gasteiger partial charge >= 0.3 is 5.97 Å². The molecule has 0 rings (SSSR count). The maximum absolute atomic E-state index is 11.4. The third kappa shape index (κ3) is 11.6. The lowest BCUT2D eigenvalue weighted by Gasteiger charge is -2.14. The molecule has 0 aliphatic rings. The van der Waals surface area contributed by atoms with Gasteiger partial charge in [-0.3, -0.25) is 9.59 Å². The lowest BCUT2D eigenvalue weighted by atomic mass is 10.0. The topological polar surface area (TPSA) is 66.4 Å². The van der Waals surface area contributed by atoms with E-state index in [2.05, 4.69) is 19.2 Å². The molecule has 0 saturated heterocycles. The summed E-state index contributed by atoms with van der Waals surface area (Å²) in [6.07, 6.45) is 3.27. The Kier molecular flexibility index (Phi) is 8.94. The molecule has 0 aliphatic heterocycles. The number of rotatable bonds is 9. The first-order valence-electron chi connectivity index (χ1n) is 6.00. The van der Waals surface area contributed by atoms with Crippen LogP contribution in [0.4, 0.5) is 0 Å². The minimum atomic E-state index is -0.882. The van der Waals surface area contributed by atoms with Gasteiger partial charge in [-0.05, 0) is 19.3 Å². The van der Waals surface area contributed by atoms with Crippen molar-refractivity contribution in [3.8, 4) is 0 Å². The summed E-state index contributed by atoms with van der Waals surface area (Å²) in [5.41, 5.74) is 0. The van der Waals surface area contributed by atoms with E-state index in [4.69, 9.17) is 5.11 Å². The molecule has 0 spiro atoms. The second kappa shape index (κ2) is 9.33. The number of nitrogens with one attached hydrogen (secondary N) is 1. The summed E-state index contributed by atoms with van der Waals surface area (Å²) < 4.78 is 0. The van der Waals surface area contributed by atoms with Crippen molar-refractivity contribution in [1.29, 1.82) is 0 Å². The second-order valence-corrected chi connectivity index (χ2v) is 5.67. The highest BCUT2D eigenvalue weighted by atomic mass is 32.2. The molecule has 17 heavy (non-hydrogen) atoms. The number of aliphatic carboxylic acids is 1. The SMILES string of the molecule is CC(C)CCCC(C)NC(=O)CSCC(=O)O. The average Bonchev–Trinajstić information content (AvgIpc) is 2.15. The predicted octanol–water partition coefficient (Wildman–Crippen LogP) is 2.14. The maximum Gasteiger partial charge on any atom is 0.313 e. The quantitative estimate of drug-likeness (QED) is 0.667. The summed E-state index contributed by atoms with van der Waals surface area (Å²) in [5, 5.41) is 11.3. The van der Waals surface area contributed by atoms with E-state index in [0.29, 0.717) is 5.92 Å². The molecule has 0 saturated carbocycles. The Balaban J connectivity index is 3.55. The molecule has 4 nitrogen and oxygen atoms in total. The molecule has 0 aromatic carbocycles. The molecule has 0 heterocycles. The smallest absolute Gasteiger partial charge is 0.313 e. The summed E-state index contributed by atoms with van der Waals surface area (Å²) in [7, 11) is 0. The van der Waals surface area contributed by atoms with Gasteiger partial charge in [-0.1, -0.05) is 26.7 Å². The van der Waals surface area contributed by atoms with Gasteiger partial charge in [-0.2, -0.15) is 0 Å². The Morgan fingerprint density at radius 3 is 2.35 bits per heavy atom. The van der Waals surface area contributed by atoms with Crippen molar-refractivity contribution in [3.05, 3.63) is 0 Å². The van der Waals surface area contributed by atoms with Crippen LogP contribution in [0, 0.1) is 5.92 Å². The molecule has 0 bridgehead atoms. The third-order valence-electron chi connectivity index (χ3n) is 2.28. The van der Waals surface area contributed by atoms with E-state index in [1.54, 1.807) is 0 Å². The van der Waals surface area contributed by atoms with Crippen LogP contribution in [-0.4, -0.2) is 34.5 Å². The zero-order chi connectivity index (χ0) is 13.3. The van der Waals surface area contributed by atoms with Gasteiger partial charge in [0.05, 0.1) is 11.5 Å². The van der Waals surface area contributed by atoms with Crippen molar-refractivity contribution >= 4 is 23.6 Å². The van der Waals surface area contributed by atoms with Crippen molar-refractivity contribution in [2.24, 2.45) is 5.92 Å². The van der Waals surface area contributed by atoms with Crippen molar-refractivity contribution in [1.82, 2.24) is 5.32 Å². The van der Waals surface area contributed by atoms with Gasteiger partial charge < -0.3 is 10.4 Å². The first-order chi connectivity index (χ1) is 7.91. The van der Waals surface area contributed by atoms with Crippen LogP contribution in [0.2, 0.25) is 0 Å². The monoisotopic (exact) mass is 261 g/mol. The summed E-state index contributed by atoms with van der Waals surface area (Å²) in [6, 6.07) is 0.173. The van der Waals surface area contributed by atoms with E-state index in [-0.39, 0.29) is 23.5 Å². The molecule has 0 aromatic rings. The van der Waals surface area contributed by atoms with Gasteiger partial charge in [0.1, 0.15) is 0 Å². The van der Waals surface area contributed by atoms with Crippen LogP contribution >= 0.6 is 11.8 Å². The fraction of sp³-hybridized carbons (Fsp3) is 0.833. The van der Waals surface area contributed by atoms with Crippen LogP contribution in [-0.2, 0) is 9.59 Å². The molecular weight excluding hydrogens is 238 g/mol. The average molecular weight is 261 g/mol. The van der Waals surface area contributed by atoms with Crippen LogP contribution in [0.25, 0.3) is 0 Å². The van der Waals surface area contributed by atoms with Crippen molar-refractivity contribution in [3.63, 3.8) is 0 Å². The fourth-order valence-electron chi connectivity index (χ4n) is 1.45.